The third-order valence-corrected chi connectivity index (χ3v) is 5.38. The molecule has 2 heterocycles. The van der Waals surface area contributed by atoms with E-state index >= 15 is 0 Å². The monoisotopic (exact) mass is 447 g/mol. The van der Waals surface area contributed by atoms with Crippen LogP contribution in [-0.4, -0.2) is 77.8 Å². The van der Waals surface area contributed by atoms with Gasteiger partial charge in [-0.15, -0.1) is 0 Å². The molecule has 3 rings (SSSR count). The number of hydrogen-bond donors (Lipinski definition) is 3. The van der Waals surface area contributed by atoms with Gasteiger partial charge in [-0.05, 0) is 19.1 Å². The second kappa shape index (κ2) is 11.8. The normalized spacial score (nSPS) is 15.5. The van der Waals surface area contributed by atoms with Crippen LogP contribution in [0.25, 0.3) is 0 Å². The molecule has 1 fully saturated rings. The van der Waals surface area contributed by atoms with Gasteiger partial charge in [0.1, 0.15) is 24.3 Å². The number of rotatable bonds is 11. The summed E-state index contributed by atoms with van der Waals surface area (Å²) in [5.74, 6) is 1.22. The molecule has 3 N–H and O–H groups in total. The number of aliphatic hydroxyl groups excluding tert-OH is 1. The lowest BCUT2D eigenvalue weighted by Crippen LogP contribution is -2.47. The van der Waals surface area contributed by atoms with Crippen LogP contribution in [0, 0.1) is 6.92 Å². The van der Waals surface area contributed by atoms with E-state index in [0.717, 1.165) is 0 Å². The third kappa shape index (κ3) is 6.42. The number of aliphatic hydroxyl groups is 1. The van der Waals surface area contributed by atoms with Crippen molar-refractivity contribution in [2.24, 2.45) is 7.05 Å². The van der Waals surface area contributed by atoms with Gasteiger partial charge in [-0.1, -0.05) is 18.2 Å². The Bertz CT molecular complexity index is 932. The molecule has 176 valence electrons. The Morgan fingerprint density at radius 3 is 2.59 bits per heavy atom. The number of morpholine rings is 1. The van der Waals surface area contributed by atoms with Gasteiger partial charge in [0.2, 0.25) is 0 Å². The zero-order valence-electron chi connectivity index (χ0n) is 18.7. The van der Waals surface area contributed by atoms with Gasteiger partial charge < -0.3 is 25.2 Å². The van der Waals surface area contributed by atoms with Crippen molar-refractivity contribution in [1.82, 2.24) is 19.4 Å². The second-order valence-corrected chi connectivity index (χ2v) is 7.83. The number of para-hydroxylation sites is 1. The first kappa shape index (κ1) is 24.0. The van der Waals surface area contributed by atoms with Crippen molar-refractivity contribution in [3.8, 4) is 5.75 Å². The van der Waals surface area contributed by atoms with E-state index in [0.29, 0.717) is 63.1 Å². The first-order valence-electron chi connectivity index (χ1n) is 10.9. The maximum absolute atomic E-state index is 12.8. The molecule has 0 aliphatic carbocycles. The summed E-state index contributed by atoms with van der Waals surface area (Å²) in [6.07, 6.45) is -0.648. The van der Waals surface area contributed by atoms with Gasteiger partial charge in [-0.3, -0.25) is 14.3 Å². The number of nitrogens with one attached hydrogen (secondary N) is 2. The number of anilines is 1. The molecule has 10 nitrogen and oxygen atoms in total. The van der Waals surface area contributed by atoms with Gasteiger partial charge in [-0.2, -0.15) is 0 Å². The van der Waals surface area contributed by atoms with Gasteiger partial charge in [0.25, 0.3) is 5.56 Å². The first-order chi connectivity index (χ1) is 15.5. The van der Waals surface area contributed by atoms with Crippen LogP contribution in [0.5, 0.6) is 5.75 Å². The van der Waals surface area contributed by atoms with Crippen LogP contribution in [0.15, 0.2) is 39.9 Å². The van der Waals surface area contributed by atoms with Crippen molar-refractivity contribution in [1.29, 1.82) is 0 Å². The smallest absolute Gasteiger partial charge is 0.333 e. The van der Waals surface area contributed by atoms with Crippen molar-refractivity contribution >= 4 is 5.82 Å². The Hall–Kier alpha value is -2.66. The van der Waals surface area contributed by atoms with Crippen molar-refractivity contribution in [2.75, 3.05) is 57.9 Å². The summed E-state index contributed by atoms with van der Waals surface area (Å²) in [6.45, 7) is 6.19. The maximum Gasteiger partial charge on any atom is 0.333 e. The average molecular weight is 448 g/mol. The van der Waals surface area contributed by atoms with E-state index in [-0.39, 0.29) is 24.5 Å². The summed E-state index contributed by atoms with van der Waals surface area (Å²) in [7, 11) is 1.66. The highest BCUT2D eigenvalue weighted by Gasteiger charge is 2.17. The van der Waals surface area contributed by atoms with Gasteiger partial charge in [0.05, 0.1) is 25.4 Å². The quantitative estimate of drug-likeness (QED) is 0.399. The lowest BCUT2D eigenvalue weighted by Gasteiger charge is -2.27. The van der Waals surface area contributed by atoms with Crippen LogP contribution in [0.2, 0.25) is 0 Å². The molecule has 2 aromatic rings. The predicted octanol–water partition coefficient (Wildman–Crippen LogP) is -0.413. The van der Waals surface area contributed by atoms with Crippen LogP contribution in [0.3, 0.4) is 0 Å². The highest BCUT2D eigenvalue weighted by molar-refractivity contribution is 5.42. The van der Waals surface area contributed by atoms with Crippen LogP contribution >= 0.6 is 0 Å². The third-order valence-electron chi connectivity index (χ3n) is 5.38. The minimum atomic E-state index is -0.648. The topological polar surface area (TPSA) is 110 Å². The lowest BCUT2D eigenvalue weighted by atomic mass is 10.3. The zero-order chi connectivity index (χ0) is 22.9. The summed E-state index contributed by atoms with van der Waals surface area (Å²) in [6, 6.07) is 9.34. The Labute approximate surface area is 187 Å². The number of aromatic nitrogens is 2. The molecule has 0 bridgehead atoms. The number of hydrogen-bond acceptors (Lipinski definition) is 8. The molecule has 0 spiro atoms. The minimum absolute atomic E-state index is 0.194. The minimum Gasteiger partial charge on any atom is -0.491 e. The molecular weight excluding hydrogens is 414 g/mol. The molecule has 10 heteroatoms. The zero-order valence-corrected chi connectivity index (χ0v) is 18.7. The molecule has 1 aliphatic rings. The fraction of sp³-hybridized carbons (Fsp3) is 0.545. The Morgan fingerprint density at radius 2 is 1.88 bits per heavy atom. The lowest BCUT2D eigenvalue weighted by molar-refractivity contribution is 0.0218. The Balaban J connectivity index is 1.47. The summed E-state index contributed by atoms with van der Waals surface area (Å²) in [4.78, 5) is 27.6. The van der Waals surface area contributed by atoms with E-state index in [1.54, 1.807) is 14.0 Å². The molecule has 0 saturated carbocycles. The summed E-state index contributed by atoms with van der Waals surface area (Å²) in [5.41, 5.74) is -0.142. The fourth-order valence-corrected chi connectivity index (χ4v) is 3.54. The van der Waals surface area contributed by atoms with E-state index in [1.165, 1.54) is 9.13 Å². The highest BCUT2D eigenvalue weighted by atomic mass is 16.5. The number of nitrogens with zero attached hydrogens (tertiary/aromatic N) is 3. The fourth-order valence-electron chi connectivity index (χ4n) is 3.54. The Morgan fingerprint density at radius 1 is 1.16 bits per heavy atom. The largest absolute Gasteiger partial charge is 0.491 e. The Kier molecular flexibility index (Phi) is 8.86. The van der Waals surface area contributed by atoms with Crippen LogP contribution < -0.4 is 26.6 Å². The average Bonchev–Trinajstić information content (AvgIpc) is 2.82. The summed E-state index contributed by atoms with van der Waals surface area (Å²) < 4.78 is 13.6. The molecule has 0 radical (unpaired) electrons. The molecule has 0 amide bonds. The SMILES string of the molecule is Cc1c(NCCNCC(O)COc2ccccc2)n(C)c(=O)n(CN2CCOCC2)c1=O. The van der Waals surface area contributed by atoms with E-state index in [1.807, 2.05) is 35.2 Å². The second-order valence-electron chi connectivity index (χ2n) is 7.83. The van der Waals surface area contributed by atoms with Crippen LogP contribution in [0.1, 0.15) is 5.56 Å². The van der Waals surface area contributed by atoms with Crippen LogP contribution in [-0.2, 0) is 18.5 Å². The van der Waals surface area contributed by atoms with E-state index in [9.17, 15) is 14.7 Å². The van der Waals surface area contributed by atoms with Gasteiger partial charge in [0, 0.05) is 39.8 Å². The molecule has 1 saturated heterocycles. The summed E-state index contributed by atoms with van der Waals surface area (Å²) in [5, 5.41) is 16.4. The first-order valence-corrected chi connectivity index (χ1v) is 10.9. The van der Waals surface area contributed by atoms with Crippen molar-refractivity contribution < 1.29 is 14.6 Å². The highest BCUT2D eigenvalue weighted by Crippen LogP contribution is 2.09. The summed E-state index contributed by atoms with van der Waals surface area (Å²) >= 11 is 0. The standard InChI is InChI=1S/C22H33N5O5/c1-17-20(24-9-8-23-14-18(28)15-32-19-6-4-3-5-7-19)25(2)22(30)27(21(17)29)16-26-10-12-31-13-11-26/h3-7,18,23-24,28H,8-16H2,1-2H3. The van der Waals surface area contributed by atoms with Crippen molar-refractivity contribution in [2.45, 2.75) is 19.7 Å². The van der Waals surface area contributed by atoms with E-state index < -0.39 is 6.10 Å². The molecule has 1 aromatic heterocycles. The van der Waals surface area contributed by atoms with Crippen molar-refractivity contribution in [3.63, 3.8) is 0 Å². The molecular formula is C22H33N5O5. The molecule has 1 aromatic carbocycles. The van der Waals surface area contributed by atoms with Crippen LogP contribution in [0.4, 0.5) is 5.82 Å². The number of benzene rings is 1. The molecule has 1 atom stereocenters. The van der Waals surface area contributed by atoms with E-state index in [4.69, 9.17) is 9.47 Å². The van der Waals surface area contributed by atoms with Gasteiger partial charge in [0.15, 0.2) is 0 Å². The molecule has 1 aliphatic heterocycles. The van der Waals surface area contributed by atoms with Gasteiger partial charge in [-0.25, -0.2) is 9.36 Å². The maximum atomic E-state index is 12.8. The number of ether oxygens (including phenoxy) is 2. The molecule has 32 heavy (non-hydrogen) atoms. The predicted molar refractivity (Wildman–Crippen MR) is 122 cm³/mol. The van der Waals surface area contributed by atoms with E-state index in [2.05, 4.69) is 10.6 Å². The molecule has 1 unspecified atom stereocenters. The van der Waals surface area contributed by atoms with Gasteiger partial charge >= 0.3 is 5.69 Å². The van der Waals surface area contributed by atoms with Crippen molar-refractivity contribution in [3.05, 3.63) is 56.7 Å².